The van der Waals surface area contributed by atoms with Gasteiger partial charge in [-0.3, -0.25) is 9.59 Å². The van der Waals surface area contributed by atoms with Crippen LogP contribution in [0.15, 0.2) is 36.4 Å². The van der Waals surface area contributed by atoms with Crippen LogP contribution in [0.25, 0.3) is 10.8 Å². The van der Waals surface area contributed by atoms with Crippen molar-refractivity contribution in [3.8, 4) is 11.5 Å². The third-order valence-corrected chi connectivity index (χ3v) is 8.89. The molecule has 2 aliphatic heterocycles. The first-order valence-electron chi connectivity index (χ1n) is 16.5. The first-order chi connectivity index (χ1) is 21.0. The van der Waals surface area contributed by atoms with Crippen LogP contribution in [0, 0.1) is 11.8 Å². The minimum Gasteiger partial charge on any atom is -0.491 e. The Bertz CT molecular complexity index is 1240. The fourth-order valence-electron chi connectivity index (χ4n) is 6.38. The smallest absolute Gasteiger partial charge is 0.267 e. The molecule has 4 rings (SSSR count). The van der Waals surface area contributed by atoms with Crippen LogP contribution in [0.2, 0.25) is 0 Å². The van der Waals surface area contributed by atoms with E-state index in [0.29, 0.717) is 33.8 Å². The minimum atomic E-state index is -0.740. The number of piperidine rings is 2. The van der Waals surface area contributed by atoms with Crippen LogP contribution in [0.5, 0.6) is 11.5 Å². The van der Waals surface area contributed by atoms with Gasteiger partial charge in [0, 0.05) is 17.2 Å². The molecule has 0 aliphatic carbocycles. The number of fused-ring (bicyclic) bond motifs is 1. The summed E-state index contributed by atoms with van der Waals surface area (Å²) in [5, 5.41) is 23.7. The van der Waals surface area contributed by atoms with E-state index in [1.165, 1.54) is 0 Å². The molecule has 0 aromatic heterocycles. The zero-order valence-corrected chi connectivity index (χ0v) is 27.1. The van der Waals surface area contributed by atoms with Gasteiger partial charge in [-0.25, -0.2) is 20.0 Å². The van der Waals surface area contributed by atoms with Gasteiger partial charge in [0.25, 0.3) is 11.8 Å². The lowest BCUT2D eigenvalue weighted by atomic mass is 10.1. The second-order valence-electron chi connectivity index (χ2n) is 13.5. The number of benzene rings is 2. The van der Waals surface area contributed by atoms with Crippen molar-refractivity contribution in [2.24, 2.45) is 11.8 Å². The van der Waals surface area contributed by atoms with Crippen LogP contribution in [0.4, 0.5) is 0 Å². The molecule has 10 nitrogen and oxygen atoms in total. The number of aliphatic hydroxyl groups is 2. The number of carbonyl (C=O) groups excluding carboxylic acids is 2. The maximum atomic E-state index is 12.5. The molecule has 2 heterocycles. The zero-order chi connectivity index (χ0) is 31.7. The zero-order valence-electron chi connectivity index (χ0n) is 27.1. The number of likely N-dealkylation sites (tertiary alicyclic amines) is 2. The summed E-state index contributed by atoms with van der Waals surface area (Å²) in [6, 6.07) is 11.5. The van der Waals surface area contributed by atoms with Crippen molar-refractivity contribution in [3.05, 3.63) is 36.4 Å². The van der Waals surface area contributed by atoms with E-state index in [1.54, 1.807) is 0 Å². The van der Waals surface area contributed by atoms with Gasteiger partial charge in [0.05, 0.1) is 0 Å². The minimum absolute atomic E-state index is 0.00469. The van der Waals surface area contributed by atoms with Gasteiger partial charge >= 0.3 is 0 Å². The van der Waals surface area contributed by atoms with E-state index in [9.17, 15) is 19.8 Å². The van der Waals surface area contributed by atoms with Crippen molar-refractivity contribution < 1.29 is 38.5 Å². The molecule has 4 N–H and O–H groups in total. The Morgan fingerprint density at radius 1 is 0.727 bits per heavy atom. The third-order valence-electron chi connectivity index (χ3n) is 8.89. The van der Waals surface area contributed by atoms with E-state index in [-0.39, 0.29) is 36.9 Å². The molecule has 244 valence electrons. The van der Waals surface area contributed by atoms with E-state index >= 15 is 0 Å². The molecular weight excluding hydrogens is 560 g/mol. The molecule has 2 aromatic rings. The quantitative estimate of drug-likeness (QED) is 0.241. The summed E-state index contributed by atoms with van der Waals surface area (Å²) in [7, 11) is 0. The molecule has 2 atom stereocenters. The largest absolute Gasteiger partial charge is 0.491 e. The number of nitrogens with zero attached hydrogens (tertiary/aromatic N) is 2. The van der Waals surface area contributed by atoms with E-state index < -0.39 is 12.2 Å². The number of amides is 2. The number of carbonyl (C=O) groups is 2. The van der Waals surface area contributed by atoms with Crippen molar-refractivity contribution in [1.82, 2.24) is 10.9 Å². The first kappa shape index (κ1) is 34.0. The lowest BCUT2D eigenvalue weighted by molar-refractivity contribution is -0.968. The number of quaternary nitrogens is 2. The van der Waals surface area contributed by atoms with Gasteiger partial charge < -0.3 is 19.7 Å². The van der Waals surface area contributed by atoms with Crippen molar-refractivity contribution >= 4 is 22.6 Å². The Kier molecular flexibility index (Phi) is 11.9. The first-order valence-corrected chi connectivity index (χ1v) is 16.5. The van der Waals surface area contributed by atoms with Crippen molar-refractivity contribution in [2.45, 2.75) is 78.4 Å². The summed E-state index contributed by atoms with van der Waals surface area (Å²) >= 11 is 0. The van der Waals surface area contributed by atoms with Crippen LogP contribution in [0.3, 0.4) is 0 Å². The molecular formula is C34H54N4O6+2. The van der Waals surface area contributed by atoms with Gasteiger partial charge in [-0.1, -0.05) is 39.8 Å². The maximum Gasteiger partial charge on any atom is 0.267 e. The fraction of sp³-hybridized carbons (Fsp3) is 0.647. The highest BCUT2D eigenvalue weighted by atomic mass is 16.5. The van der Waals surface area contributed by atoms with Gasteiger partial charge in [0.1, 0.15) is 76.2 Å². The van der Waals surface area contributed by atoms with Crippen molar-refractivity contribution in [1.29, 1.82) is 0 Å². The molecule has 44 heavy (non-hydrogen) atoms. The Morgan fingerprint density at radius 3 is 1.73 bits per heavy atom. The monoisotopic (exact) mass is 614 g/mol. The van der Waals surface area contributed by atoms with Gasteiger partial charge in [-0.05, 0) is 68.2 Å². The number of ether oxygens (including phenoxy) is 2. The third kappa shape index (κ3) is 9.30. The molecule has 0 radical (unpaired) electrons. The van der Waals surface area contributed by atoms with Gasteiger partial charge in [0.2, 0.25) is 0 Å². The van der Waals surface area contributed by atoms with Gasteiger partial charge in [-0.15, -0.1) is 0 Å². The van der Waals surface area contributed by atoms with Gasteiger partial charge in [-0.2, -0.15) is 0 Å². The standard InChI is InChI=1S/C34H52N4O6/c1-25(2)33(41)35-37(16-7-5-8-17-37)21-28(39)23-43-30-14-15-31-27(20-30)12-11-13-32(31)44-24-29(40)22-38(18-9-6-10-19-38)36-34(42)26(3)4/h11-15,20,25-26,28-29,39-40H,5-10,16-19,21-24H2,1-4H3/p+2. The summed E-state index contributed by atoms with van der Waals surface area (Å²) in [6.07, 6.45) is 4.89. The van der Waals surface area contributed by atoms with E-state index in [2.05, 4.69) is 10.9 Å². The average molecular weight is 615 g/mol. The molecule has 10 heteroatoms. The summed E-state index contributed by atoms with van der Waals surface area (Å²) < 4.78 is 12.9. The summed E-state index contributed by atoms with van der Waals surface area (Å²) in [4.78, 5) is 25.0. The summed E-state index contributed by atoms with van der Waals surface area (Å²) in [5.74, 6) is 1.10. The molecule has 2 aromatic carbocycles. The average Bonchev–Trinajstić information content (AvgIpc) is 2.99. The van der Waals surface area contributed by atoms with Crippen molar-refractivity contribution in [2.75, 3.05) is 52.5 Å². The summed E-state index contributed by atoms with van der Waals surface area (Å²) in [5.41, 5.74) is 6.37. The predicted molar refractivity (Wildman–Crippen MR) is 170 cm³/mol. The number of hydrogen-bond acceptors (Lipinski definition) is 6. The van der Waals surface area contributed by atoms with Crippen molar-refractivity contribution in [3.63, 3.8) is 0 Å². The lowest BCUT2D eigenvalue weighted by Crippen LogP contribution is -2.65. The number of rotatable bonds is 14. The molecule has 2 fully saturated rings. The molecule has 0 saturated carbocycles. The highest BCUT2D eigenvalue weighted by molar-refractivity contribution is 5.89. The molecule has 2 unspecified atom stereocenters. The van der Waals surface area contributed by atoms with E-state index in [4.69, 9.17) is 9.47 Å². The molecule has 2 aliphatic rings. The van der Waals surface area contributed by atoms with E-state index in [1.807, 2.05) is 64.1 Å². The van der Waals surface area contributed by atoms with Crippen LogP contribution in [0.1, 0.15) is 66.2 Å². The van der Waals surface area contributed by atoms with Crippen LogP contribution >= 0.6 is 0 Å². The van der Waals surface area contributed by atoms with Crippen LogP contribution in [-0.4, -0.2) is 95.9 Å². The molecule has 2 amide bonds. The topological polar surface area (TPSA) is 117 Å². The SMILES string of the molecule is CC(C)C(=O)N[N+]1(CC(O)COc2ccc3c(OCC(O)C[N+]4(NC(=O)C(C)C)CCCCC4)cccc3c2)CCCCC1. The Morgan fingerprint density at radius 2 is 1.23 bits per heavy atom. The van der Waals surface area contributed by atoms with Crippen LogP contribution < -0.4 is 20.3 Å². The lowest BCUT2D eigenvalue weighted by Gasteiger charge is -2.41. The number of hydrogen-bond donors (Lipinski definition) is 4. The second kappa shape index (κ2) is 15.4. The second-order valence-corrected chi connectivity index (χ2v) is 13.5. The predicted octanol–water partition coefficient (Wildman–Crippen LogP) is 3.70. The normalized spacial score (nSPS) is 19.4. The molecule has 2 saturated heterocycles. The summed E-state index contributed by atoms with van der Waals surface area (Å²) in [6.45, 7) is 11.9. The number of nitrogens with one attached hydrogen (secondary N) is 2. The Hall–Kier alpha value is -2.92. The maximum absolute atomic E-state index is 12.5. The Labute approximate surface area is 262 Å². The van der Waals surface area contributed by atoms with Crippen LogP contribution in [-0.2, 0) is 9.59 Å². The highest BCUT2D eigenvalue weighted by Crippen LogP contribution is 2.29. The number of aliphatic hydroxyl groups excluding tert-OH is 2. The van der Waals surface area contributed by atoms with E-state index in [0.717, 1.165) is 75.5 Å². The highest BCUT2D eigenvalue weighted by Gasteiger charge is 2.37. The molecule has 0 spiro atoms. The van der Waals surface area contributed by atoms with Gasteiger partial charge in [0.15, 0.2) is 0 Å². The fourth-order valence-corrected chi connectivity index (χ4v) is 6.38. The Balaban J connectivity index is 1.34. The molecule has 0 bridgehead atoms.